The summed E-state index contributed by atoms with van der Waals surface area (Å²) in [7, 11) is 1.56. The zero-order chi connectivity index (χ0) is 18.2. The van der Waals surface area contributed by atoms with Crippen LogP contribution in [0.4, 0.5) is 0 Å². The molecule has 7 nitrogen and oxygen atoms in total. The van der Waals surface area contributed by atoms with Crippen molar-refractivity contribution in [1.29, 1.82) is 0 Å². The zero-order valence-corrected chi connectivity index (χ0v) is 14.4. The third-order valence-electron chi connectivity index (χ3n) is 3.76. The fourth-order valence-corrected chi connectivity index (χ4v) is 2.57. The van der Waals surface area contributed by atoms with Crippen molar-refractivity contribution in [3.8, 4) is 11.5 Å². The Hall–Kier alpha value is -2.54. The SMILES string of the molecule is CCOc1ccc(C=CC(=O)N2CCOC(CC(=O)O)C2)cc1OC. The van der Waals surface area contributed by atoms with E-state index >= 15 is 0 Å². The van der Waals surface area contributed by atoms with E-state index in [4.69, 9.17) is 19.3 Å². The summed E-state index contributed by atoms with van der Waals surface area (Å²) in [5.41, 5.74) is 0.809. The molecule has 7 heteroatoms. The monoisotopic (exact) mass is 349 g/mol. The van der Waals surface area contributed by atoms with Gasteiger partial charge in [0.15, 0.2) is 11.5 Å². The average Bonchev–Trinajstić information content (AvgIpc) is 2.60. The number of aliphatic carboxylic acids is 1. The first-order valence-electron chi connectivity index (χ1n) is 8.14. The number of carbonyl (C=O) groups excluding carboxylic acids is 1. The van der Waals surface area contributed by atoms with Gasteiger partial charge in [0, 0.05) is 19.2 Å². The molecule has 0 saturated carbocycles. The Morgan fingerprint density at radius 1 is 1.40 bits per heavy atom. The number of benzene rings is 1. The van der Waals surface area contributed by atoms with Gasteiger partial charge in [0.25, 0.3) is 0 Å². The van der Waals surface area contributed by atoms with E-state index in [2.05, 4.69) is 0 Å². The second-order valence-electron chi connectivity index (χ2n) is 5.55. The summed E-state index contributed by atoms with van der Waals surface area (Å²) >= 11 is 0. The van der Waals surface area contributed by atoms with Gasteiger partial charge in [-0.2, -0.15) is 0 Å². The predicted molar refractivity (Wildman–Crippen MR) is 91.8 cm³/mol. The lowest BCUT2D eigenvalue weighted by atomic mass is 10.1. The largest absolute Gasteiger partial charge is 0.493 e. The summed E-state index contributed by atoms with van der Waals surface area (Å²) in [5, 5.41) is 8.83. The summed E-state index contributed by atoms with van der Waals surface area (Å²) in [5.74, 6) is 0.144. The number of carbonyl (C=O) groups is 2. The van der Waals surface area contributed by atoms with E-state index in [-0.39, 0.29) is 18.9 Å². The summed E-state index contributed by atoms with van der Waals surface area (Å²) in [6, 6.07) is 5.43. The average molecular weight is 349 g/mol. The van der Waals surface area contributed by atoms with Crippen molar-refractivity contribution < 1.29 is 28.9 Å². The molecule has 136 valence electrons. The second-order valence-corrected chi connectivity index (χ2v) is 5.55. The molecule has 1 aliphatic rings. The van der Waals surface area contributed by atoms with Gasteiger partial charge in [-0.1, -0.05) is 6.07 Å². The number of rotatable bonds is 7. The fraction of sp³-hybridized carbons (Fsp3) is 0.444. The molecule has 0 spiro atoms. The maximum absolute atomic E-state index is 12.3. The van der Waals surface area contributed by atoms with Crippen LogP contribution in [0.2, 0.25) is 0 Å². The molecule has 0 aromatic heterocycles. The number of carboxylic acid groups (broad SMARTS) is 1. The number of ether oxygens (including phenoxy) is 3. The van der Waals surface area contributed by atoms with E-state index < -0.39 is 12.1 Å². The predicted octanol–water partition coefficient (Wildman–Crippen LogP) is 1.81. The third-order valence-corrected chi connectivity index (χ3v) is 3.76. The number of methoxy groups -OCH3 is 1. The lowest BCUT2D eigenvalue weighted by Crippen LogP contribution is -2.45. The Morgan fingerprint density at radius 2 is 2.20 bits per heavy atom. The van der Waals surface area contributed by atoms with Crippen LogP contribution in [-0.4, -0.2) is 61.4 Å². The second kappa shape index (κ2) is 9.08. The van der Waals surface area contributed by atoms with Crippen LogP contribution in [0.1, 0.15) is 18.9 Å². The van der Waals surface area contributed by atoms with Crippen molar-refractivity contribution in [1.82, 2.24) is 4.90 Å². The highest BCUT2D eigenvalue weighted by Gasteiger charge is 2.24. The molecule has 1 aromatic rings. The smallest absolute Gasteiger partial charge is 0.306 e. The van der Waals surface area contributed by atoms with Crippen LogP contribution < -0.4 is 9.47 Å². The molecule has 1 atom stereocenters. The molecule has 1 aliphatic heterocycles. The van der Waals surface area contributed by atoms with E-state index in [1.54, 1.807) is 30.2 Å². The van der Waals surface area contributed by atoms with Crippen LogP contribution in [0.3, 0.4) is 0 Å². The van der Waals surface area contributed by atoms with Gasteiger partial charge in [0.05, 0.1) is 32.8 Å². The quantitative estimate of drug-likeness (QED) is 0.756. The van der Waals surface area contributed by atoms with Crippen LogP contribution in [0.15, 0.2) is 24.3 Å². The number of hydrogen-bond acceptors (Lipinski definition) is 5. The van der Waals surface area contributed by atoms with Gasteiger partial charge >= 0.3 is 5.97 Å². The van der Waals surface area contributed by atoms with Gasteiger partial charge in [-0.15, -0.1) is 0 Å². The van der Waals surface area contributed by atoms with E-state index in [0.29, 0.717) is 31.3 Å². The van der Waals surface area contributed by atoms with Crippen molar-refractivity contribution in [2.75, 3.05) is 33.4 Å². The highest BCUT2D eigenvalue weighted by atomic mass is 16.5. The first-order chi connectivity index (χ1) is 12.0. The molecule has 25 heavy (non-hydrogen) atoms. The van der Waals surface area contributed by atoms with Gasteiger partial charge in [-0.3, -0.25) is 9.59 Å². The van der Waals surface area contributed by atoms with Crippen molar-refractivity contribution in [2.24, 2.45) is 0 Å². The Labute approximate surface area is 146 Å². The Kier molecular flexibility index (Phi) is 6.82. The molecule has 1 aromatic carbocycles. The standard InChI is InChI=1S/C18H23NO6/c1-3-24-15-6-4-13(10-16(15)23-2)5-7-17(20)19-8-9-25-14(12-19)11-18(21)22/h4-7,10,14H,3,8-9,11-12H2,1-2H3,(H,21,22). The van der Waals surface area contributed by atoms with Crippen LogP contribution in [0, 0.1) is 0 Å². The molecule has 1 amide bonds. The van der Waals surface area contributed by atoms with Gasteiger partial charge in [0.2, 0.25) is 5.91 Å². The van der Waals surface area contributed by atoms with Crippen LogP contribution in [0.25, 0.3) is 6.08 Å². The van der Waals surface area contributed by atoms with Crippen molar-refractivity contribution >= 4 is 18.0 Å². The molecule has 0 bridgehead atoms. The maximum atomic E-state index is 12.3. The molecule has 1 heterocycles. The minimum absolute atomic E-state index is 0.108. The molecule has 0 aliphatic carbocycles. The van der Waals surface area contributed by atoms with Gasteiger partial charge in [0.1, 0.15) is 0 Å². The summed E-state index contributed by atoms with van der Waals surface area (Å²) < 4.78 is 16.1. The number of carboxylic acids is 1. The molecule has 1 N–H and O–H groups in total. The molecule has 1 saturated heterocycles. The van der Waals surface area contributed by atoms with Gasteiger partial charge in [-0.25, -0.2) is 0 Å². The molecule has 1 fully saturated rings. The lowest BCUT2D eigenvalue weighted by molar-refractivity contribution is -0.145. The minimum Gasteiger partial charge on any atom is -0.493 e. The molecule has 2 rings (SSSR count). The lowest BCUT2D eigenvalue weighted by Gasteiger charge is -2.31. The molecular formula is C18H23NO6. The zero-order valence-electron chi connectivity index (χ0n) is 14.4. The van der Waals surface area contributed by atoms with E-state index in [9.17, 15) is 9.59 Å². The number of nitrogens with zero attached hydrogens (tertiary/aromatic N) is 1. The van der Waals surface area contributed by atoms with Crippen LogP contribution in [0.5, 0.6) is 11.5 Å². The third kappa shape index (κ3) is 5.49. The van der Waals surface area contributed by atoms with Crippen molar-refractivity contribution in [3.05, 3.63) is 29.8 Å². The maximum Gasteiger partial charge on any atom is 0.306 e. The van der Waals surface area contributed by atoms with Crippen LogP contribution in [-0.2, 0) is 14.3 Å². The van der Waals surface area contributed by atoms with Crippen molar-refractivity contribution in [2.45, 2.75) is 19.4 Å². The van der Waals surface area contributed by atoms with E-state index in [0.717, 1.165) is 5.56 Å². The Balaban J connectivity index is 2.00. The van der Waals surface area contributed by atoms with Gasteiger partial charge < -0.3 is 24.2 Å². The summed E-state index contributed by atoms with van der Waals surface area (Å²) in [6.07, 6.45) is 2.60. The van der Waals surface area contributed by atoms with E-state index in [1.165, 1.54) is 6.08 Å². The highest BCUT2D eigenvalue weighted by Crippen LogP contribution is 2.28. The summed E-state index contributed by atoms with van der Waals surface area (Å²) in [4.78, 5) is 24.7. The van der Waals surface area contributed by atoms with E-state index in [1.807, 2.05) is 13.0 Å². The number of hydrogen-bond donors (Lipinski definition) is 1. The summed E-state index contributed by atoms with van der Waals surface area (Å²) in [6.45, 7) is 3.51. The Morgan fingerprint density at radius 3 is 2.88 bits per heavy atom. The normalized spacial score (nSPS) is 17.5. The minimum atomic E-state index is -0.934. The fourth-order valence-electron chi connectivity index (χ4n) is 2.57. The molecule has 1 unspecified atom stereocenters. The number of amides is 1. The van der Waals surface area contributed by atoms with Crippen molar-refractivity contribution in [3.63, 3.8) is 0 Å². The highest BCUT2D eigenvalue weighted by molar-refractivity contribution is 5.92. The molecular weight excluding hydrogens is 326 g/mol. The van der Waals surface area contributed by atoms with Gasteiger partial charge in [-0.05, 0) is 30.7 Å². The molecule has 0 radical (unpaired) electrons. The number of morpholine rings is 1. The topological polar surface area (TPSA) is 85.3 Å². The Bertz CT molecular complexity index is 642. The van der Waals surface area contributed by atoms with Crippen LogP contribution >= 0.6 is 0 Å². The first-order valence-corrected chi connectivity index (χ1v) is 8.14. The first kappa shape index (κ1) is 18.8.